The van der Waals surface area contributed by atoms with E-state index in [-0.39, 0.29) is 22.1 Å². The van der Waals surface area contributed by atoms with Gasteiger partial charge < -0.3 is 14.2 Å². The number of methoxy groups -OCH3 is 1. The molecule has 0 amide bonds. The Bertz CT molecular complexity index is 1260. The zero-order valence-electron chi connectivity index (χ0n) is 19.2. The molecule has 0 saturated carbocycles. The molecule has 7 nitrogen and oxygen atoms in total. The molecule has 2 aromatic heterocycles. The maximum absolute atomic E-state index is 6.56. The smallest absolute Gasteiger partial charge is 0.208 e. The van der Waals surface area contributed by atoms with Crippen LogP contribution in [-0.4, -0.2) is 27.0 Å². The summed E-state index contributed by atoms with van der Waals surface area (Å²) in [7, 11) is 1.58. The summed E-state index contributed by atoms with van der Waals surface area (Å²) in [6, 6.07) is 17.4. The van der Waals surface area contributed by atoms with Gasteiger partial charge >= 0.3 is 0 Å². The number of halogens is 1. The lowest BCUT2D eigenvalue weighted by molar-refractivity contribution is 0.378. The first-order valence-corrected chi connectivity index (χ1v) is 11.7. The van der Waals surface area contributed by atoms with E-state index in [1.54, 1.807) is 37.7 Å². The van der Waals surface area contributed by atoms with Gasteiger partial charge in [-0.1, -0.05) is 56.6 Å². The summed E-state index contributed by atoms with van der Waals surface area (Å²) in [4.78, 5) is 18.4. The summed E-state index contributed by atoms with van der Waals surface area (Å²) in [5.41, 5.74) is 1.34. The predicted octanol–water partition coefficient (Wildman–Crippen LogP) is 6.80. The van der Waals surface area contributed by atoms with E-state index < -0.39 is 0 Å². The lowest BCUT2D eigenvalue weighted by Crippen LogP contribution is -2.10. The SMILES string of the molecule is COc1ccccc1Oc1c(Cl)nc(-c2ncccn2)nc1NSc1ccc(C(C)(C)C)cc1. The average Bonchev–Trinajstić information content (AvgIpc) is 2.84. The Balaban J connectivity index is 1.68. The highest BCUT2D eigenvalue weighted by Gasteiger charge is 2.20. The van der Waals surface area contributed by atoms with Crippen LogP contribution in [0, 0.1) is 0 Å². The van der Waals surface area contributed by atoms with Crippen LogP contribution in [0.3, 0.4) is 0 Å². The zero-order valence-corrected chi connectivity index (χ0v) is 20.8. The molecule has 0 aliphatic heterocycles. The minimum atomic E-state index is 0.0805. The van der Waals surface area contributed by atoms with Crippen molar-refractivity contribution >= 4 is 29.4 Å². The standard InChI is InChI=1S/C25H24ClN5O2S/c1-25(2,3)16-10-12-17(13-11-16)34-31-22-20(33-19-9-6-5-8-18(19)32-4)21(26)29-24(30-22)23-27-14-7-15-28-23/h5-15H,1-4H3,(H,29,30,31). The first-order valence-electron chi connectivity index (χ1n) is 10.5. The number of hydrogen-bond acceptors (Lipinski definition) is 8. The number of nitrogens with zero attached hydrogens (tertiary/aromatic N) is 4. The van der Waals surface area contributed by atoms with Crippen LogP contribution < -0.4 is 14.2 Å². The third kappa shape index (κ3) is 5.58. The van der Waals surface area contributed by atoms with Crippen molar-refractivity contribution in [1.29, 1.82) is 0 Å². The Morgan fingerprint density at radius 3 is 2.18 bits per heavy atom. The number of benzene rings is 2. The lowest BCUT2D eigenvalue weighted by atomic mass is 9.87. The number of para-hydroxylation sites is 2. The molecular formula is C25H24ClN5O2S. The van der Waals surface area contributed by atoms with E-state index >= 15 is 0 Å². The Labute approximate surface area is 208 Å². The van der Waals surface area contributed by atoms with Crippen LogP contribution in [0.25, 0.3) is 11.6 Å². The van der Waals surface area contributed by atoms with Gasteiger partial charge in [0.2, 0.25) is 11.6 Å². The quantitative estimate of drug-likeness (QED) is 0.222. The van der Waals surface area contributed by atoms with Crippen LogP contribution in [-0.2, 0) is 5.41 Å². The van der Waals surface area contributed by atoms with Gasteiger partial charge in [0, 0.05) is 17.3 Å². The van der Waals surface area contributed by atoms with E-state index in [0.29, 0.717) is 23.1 Å². The van der Waals surface area contributed by atoms with Crippen molar-refractivity contribution in [2.45, 2.75) is 31.1 Å². The zero-order chi connectivity index (χ0) is 24.1. The van der Waals surface area contributed by atoms with E-state index in [9.17, 15) is 0 Å². The molecule has 0 fully saturated rings. The molecule has 4 aromatic rings. The minimum Gasteiger partial charge on any atom is -0.493 e. The molecule has 0 unspecified atom stereocenters. The Kier molecular flexibility index (Phi) is 7.19. The number of hydrogen-bond donors (Lipinski definition) is 1. The van der Waals surface area contributed by atoms with Gasteiger partial charge in [0.05, 0.1) is 7.11 Å². The summed E-state index contributed by atoms with van der Waals surface area (Å²) in [6.07, 6.45) is 3.24. The molecule has 0 radical (unpaired) electrons. The van der Waals surface area contributed by atoms with E-state index in [2.05, 4.69) is 69.7 Å². The van der Waals surface area contributed by atoms with Crippen molar-refractivity contribution < 1.29 is 9.47 Å². The molecule has 0 aliphatic carbocycles. The molecule has 1 N–H and O–H groups in total. The van der Waals surface area contributed by atoms with Crippen molar-refractivity contribution in [2.75, 3.05) is 11.8 Å². The molecule has 9 heteroatoms. The van der Waals surface area contributed by atoms with Gasteiger partial charge in [0.1, 0.15) is 0 Å². The van der Waals surface area contributed by atoms with E-state index in [1.807, 2.05) is 12.1 Å². The summed E-state index contributed by atoms with van der Waals surface area (Å²) in [5.74, 6) is 2.34. The van der Waals surface area contributed by atoms with Gasteiger partial charge in [-0.3, -0.25) is 0 Å². The van der Waals surface area contributed by atoms with Crippen LogP contribution in [0.2, 0.25) is 5.15 Å². The molecular weight excluding hydrogens is 470 g/mol. The highest BCUT2D eigenvalue weighted by molar-refractivity contribution is 8.00. The number of rotatable bonds is 7. The summed E-state index contributed by atoms with van der Waals surface area (Å²) in [6.45, 7) is 6.56. The average molecular weight is 494 g/mol. The molecule has 174 valence electrons. The van der Waals surface area contributed by atoms with Crippen LogP contribution in [0.15, 0.2) is 71.9 Å². The second kappa shape index (κ2) is 10.3. The van der Waals surface area contributed by atoms with Crippen molar-refractivity contribution in [1.82, 2.24) is 19.9 Å². The van der Waals surface area contributed by atoms with Gasteiger partial charge in [0.15, 0.2) is 28.3 Å². The fourth-order valence-electron chi connectivity index (χ4n) is 3.04. The molecule has 0 saturated heterocycles. The second-order valence-corrected chi connectivity index (χ2v) is 9.56. The third-order valence-electron chi connectivity index (χ3n) is 4.86. The maximum atomic E-state index is 6.56. The number of anilines is 1. The Hall–Kier alpha value is -3.36. The normalized spacial score (nSPS) is 11.2. The predicted molar refractivity (Wildman–Crippen MR) is 136 cm³/mol. The van der Waals surface area contributed by atoms with Gasteiger partial charge in [-0.25, -0.2) is 19.9 Å². The van der Waals surface area contributed by atoms with Crippen molar-refractivity contribution in [2.24, 2.45) is 0 Å². The minimum absolute atomic E-state index is 0.0805. The number of nitrogens with one attached hydrogen (secondary N) is 1. The first kappa shape index (κ1) is 23.8. The van der Waals surface area contributed by atoms with Crippen LogP contribution in [0.4, 0.5) is 5.82 Å². The highest BCUT2D eigenvalue weighted by atomic mass is 35.5. The lowest BCUT2D eigenvalue weighted by Gasteiger charge is -2.19. The largest absolute Gasteiger partial charge is 0.493 e. The van der Waals surface area contributed by atoms with Crippen molar-refractivity contribution in [3.8, 4) is 28.9 Å². The molecule has 2 aromatic carbocycles. The van der Waals surface area contributed by atoms with Crippen LogP contribution in [0.5, 0.6) is 17.2 Å². The second-order valence-electron chi connectivity index (χ2n) is 8.32. The molecule has 0 bridgehead atoms. The molecule has 2 heterocycles. The Morgan fingerprint density at radius 1 is 0.853 bits per heavy atom. The fraction of sp³-hybridized carbons (Fsp3) is 0.200. The topological polar surface area (TPSA) is 82.1 Å². The summed E-state index contributed by atoms with van der Waals surface area (Å²) in [5, 5.41) is 0.120. The Morgan fingerprint density at radius 2 is 1.53 bits per heavy atom. The fourth-order valence-corrected chi connectivity index (χ4v) is 3.87. The molecule has 0 aliphatic rings. The van der Waals surface area contributed by atoms with Gasteiger partial charge in [-0.15, -0.1) is 0 Å². The number of aromatic nitrogens is 4. The van der Waals surface area contributed by atoms with Gasteiger partial charge in [-0.2, -0.15) is 0 Å². The number of ether oxygens (including phenoxy) is 2. The third-order valence-corrected chi connectivity index (χ3v) is 5.92. The van der Waals surface area contributed by atoms with E-state index in [1.165, 1.54) is 17.5 Å². The molecule has 0 atom stereocenters. The van der Waals surface area contributed by atoms with Crippen LogP contribution >= 0.6 is 23.5 Å². The van der Waals surface area contributed by atoms with E-state index in [4.69, 9.17) is 21.1 Å². The first-order chi connectivity index (χ1) is 16.3. The molecule has 0 spiro atoms. The van der Waals surface area contributed by atoms with Crippen LogP contribution in [0.1, 0.15) is 26.3 Å². The molecule has 4 rings (SSSR count). The van der Waals surface area contributed by atoms with Crippen molar-refractivity contribution in [3.63, 3.8) is 0 Å². The van der Waals surface area contributed by atoms with Crippen molar-refractivity contribution in [3.05, 3.63) is 77.7 Å². The highest BCUT2D eigenvalue weighted by Crippen LogP contribution is 2.40. The summed E-state index contributed by atoms with van der Waals surface area (Å²) < 4.78 is 14.8. The van der Waals surface area contributed by atoms with Gasteiger partial charge in [0.25, 0.3) is 0 Å². The maximum Gasteiger partial charge on any atom is 0.208 e. The summed E-state index contributed by atoms with van der Waals surface area (Å²) >= 11 is 7.95. The van der Waals surface area contributed by atoms with E-state index in [0.717, 1.165) is 4.90 Å². The monoisotopic (exact) mass is 493 g/mol. The molecule has 34 heavy (non-hydrogen) atoms. The van der Waals surface area contributed by atoms with Gasteiger partial charge in [-0.05, 0) is 53.3 Å².